The van der Waals surface area contributed by atoms with E-state index in [1.165, 1.54) is 6.92 Å². The van der Waals surface area contributed by atoms with Gasteiger partial charge in [0.05, 0.1) is 16.3 Å². The number of nitrogens with zero attached hydrogens (tertiary/aromatic N) is 1. The second-order valence-electron chi connectivity index (χ2n) is 11.9. The number of nitrogens with two attached hydrogens (primary N) is 1. The van der Waals surface area contributed by atoms with Crippen LogP contribution in [0.4, 0.5) is 0 Å². The molecule has 1 aromatic heterocycles. The highest BCUT2D eigenvalue weighted by Gasteiger charge is 2.32. The molecule has 2 aromatic rings. The molecule has 1 heterocycles. The molecular formula is C31H43Cl3N6O6. The Bertz CT molecular complexity index is 1490. The van der Waals surface area contributed by atoms with Crippen molar-refractivity contribution in [3.63, 3.8) is 0 Å². The standard InChI is InChI=1S/C31H43Cl3N6O6/c1-7-23-38-22-15-19(10-11-20(22)26(42)39-23)12-13-30(5,6)29(45)40-24(17(2)3)27(43)37-18(4)25(41)36-14-8-9-21(35)28(44)46-16-31(32,33)34/h10-13,15,17-18,21,24H,7-9,14,16,35H2,1-6H3,(H,36,41)(H,37,43)(H,40,45)(H,38,39,42)/b13-12+. The number of aryl methyl sites for hydroxylation is 1. The first-order valence-corrected chi connectivity index (χ1v) is 16.1. The number of alkyl halides is 3. The summed E-state index contributed by atoms with van der Waals surface area (Å²) < 4.78 is 3.09. The lowest BCUT2D eigenvalue weighted by molar-refractivity contribution is -0.145. The molecule has 46 heavy (non-hydrogen) atoms. The summed E-state index contributed by atoms with van der Waals surface area (Å²) in [7, 11) is 0. The van der Waals surface area contributed by atoms with Gasteiger partial charge in [0, 0.05) is 13.0 Å². The zero-order chi connectivity index (χ0) is 34.8. The van der Waals surface area contributed by atoms with Crippen LogP contribution in [0.3, 0.4) is 0 Å². The molecule has 0 bridgehead atoms. The highest BCUT2D eigenvalue weighted by molar-refractivity contribution is 6.67. The molecule has 0 saturated heterocycles. The van der Waals surface area contributed by atoms with Crippen LogP contribution in [0.2, 0.25) is 0 Å². The van der Waals surface area contributed by atoms with Gasteiger partial charge in [-0.25, -0.2) is 4.98 Å². The fourth-order valence-electron chi connectivity index (χ4n) is 4.15. The van der Waals surface area contributed by atoms with E-state index in [0.717, 1.165) is 5.56 Å². The van der Waals surface area contributed by atoms with Crippen molar-refractivity contribution < 1.29 is 23.9 Å². The molecule has 0 aliphatic heterocycles. The van der Waals surface area contributed by atoms with Crippen molar-refractivity contribution in [3.05, 3.63) is 46.0 Å². The van der Waals surface area contributed by atoms with Crippen LogP contribution < -0.4 is 27.2 Å². The average Bonchev–Trinajstić information content (AvgIpc) is 2.98. The van der Waals surface area contributed by atoms with Crippen LogP contribution in [0.15, 0.2) is 29.1 Å². The summed E-state index contributed by atoms with van der Waals surface area (Å²) >= 11 is 16.7. The monoisotopic (exact) mass is 700 g/mol. The number of rotatable bonds is 15. The molecule has 0 aliphatic rings. The van der Waals surface area contributed by atoms with Gasteiger partial charge in [-0.2, -0.15) is 0 Å². The lowest BCUT2D eigenvalue weighted by atomic mass is 9.89. The third-order valence-corrected chi connectivity index (χ3v) is 7.38. The van der Waals surface area contributed by atoms with Crippen molar-refractivity contribution >= 4 is 75.5 Å². The first-order chi connectivity index (χ1) is 21.3. The van der Waals surface area contributed by atoms with E-state index in [4.69, 9.17) is 45.3 Å². The van der Waals surface area contributed by atoms with Gasteiger partial charge in [0.25, 0.3) is 5.56 Å². The molecular weight excluding hydrogens is 659 g/mol. The molecule has 0 radical (unpaired) electrons. The molecule has 0 spiro atoms. The lowest BCUT2D eigenvalue weighted by Gasteiger charge is -2.28. The predicted molar refractivity (Wildman–Crippen MR) is 180 cm³/mol. The highest BCUT2D eigenvalue weighted by atomic mass is 35.6. The van der Waals surface area contributed by atoms with Crippen molar-refractivity contribution in [2.45, 2.75) is 82.7 Å². The largest absolute Gasteiger partial charge is 0.460 e. The van der Waals surface area contributed by atoms with Crippen molar-refractivity contribution in [1.29, 1.82) is 0 Å². The number of halogens is 3. The van der Waals surface area contributed by atoms with Gasteiger partial charge in [-0.3, -0.25) is 24.0 Å². The number of esters is 1. The Kier molecular flexibility index (Phi) is 14.5. The fourth-order valence-corrected chi connectivity index (χ4v) is 4.32. The number of hydrogen-bond acceptors (Lipinski definition) is 8. The number of aromatic nitrogens is 2. The molecule has 15 heteroatoms. The summed E-state index contributed by atoms with van der Waals surface area (Å²) in [4.78, 5) is 70.4. The fraction of sp³-hybridized carbons (Fsp3) is 0.548. The van der Waals surface area contributed by atoms with Gasteiger partial charge < -0.3 is 31.4 Å². The van der Waals surface area contributed by atoms with Crippen molar-refractivity contribution in [1.82, 2.24) is 25.9 Å². The minimum absolute atomic E-state index is 0.193. The molecule has 1 aromatic carbocycles. The number of nitrogens with one attached hydrogen (secondary N) is 4. The molecule has 12 nitrogen and oxygen atoms in total. The number of carbonyl (C=O) groups is 4. The highest BCUT2D eigenvalue weighted by Crippen LogP contribution is 2.26. The molecule has 3 atom stereocenters. The molecule has 0 fully saturated rings. The minimum Gasteiger partial charge on any atom is -0.460 e. The van der Waals surface area contributed by atoms with Crippen LogP contribution in [-0.4, -0.2) is 68.7 Å². The Morgan fingerprint density at radius 1 is 1.09 bits per heavy atom. The van der Waals surface area contributed by atoms with E-state index >= 15 is 0 Å². The number of benzene rings is 1. The van der Waals surface area contributed by atoms with Gasteiger partial charge in [-0.15, -0.1) is 0 Å². The summed E-state index contributed by atoms with van der Waals surface area (Å²) in [6.45, 7) is 10.2. The van der Waals surface area contributed by atoms with Crippen LogP contribution >= 0.6 is 34.8 Å². The van der Waals surface area contributed by atoms with Gasteiger partial charge in [0.1, 0.15) is 30.6 Å². The Balaban J connectivity index is 1.93. The number of H-pyrrole nitrogens is 1. The number of fused-ring (bicyclic) bond motifs is 1. The summed E-state index contributed by atoms with van der Waals surface area (Å²) in [6.07, 6.45) is 4.64. The number of hydrogen-bond donors (Lipinski definition) is 5. The van der Waals surface area contributed by atoms with Crippen molar-refractivity contribution in [2.75, 3.05) is 13.2 Å². The molecule has 6 N–H and O–H groups in total. The maximum Gasteiger partial charge on any atom is 0.323 e. The van der Waals surface area contributed by atoms with Gasteiger partial charge in [-0.1, -0.05) is 73.8 Å². The zero-order valence-corrected chi connectivity index (χ0v) is 29.1. The van der Waals surface area contributed by atoms with Crippen LogP contribution in [0, 0.1) is 11.3 Å². The smallest absolute Gasteiger partial charge is 0.323 e. The summed E-state index contributed by atoms with van der Waals surface area (Å²) in [5, 5.41) is 8.61. The van der Waals surface area contributed by atoms with Gasteiger partial charge in [0.2, 0.25) is 21.5 Å². The van der Waals surface area contributed by atoms with Gasteiger partial charge >= 0.3 is 5.97 Å². The van der Waals surface area contributed by atoms with E-state index in [1.807, 2.05) is 6.92 Å². The minimum atomic E-state index is -1.74. The SMILES string of the molecule is CCc1nc2cc(/C=C/C(C)(C)C(=O)NC(C(=O)NC(C)C(=O)NCCCC(N)C(=O)OCC(Cl)(Cl)Cl)C(C)C)ccc2c(=O)[nH]1. The van der Waals surface area contributed by atoms with E-state index in [2.05, 4.69) is 25.9 Å². The topological polar surface area (TPSA) is 185 Å². The Morgan fingerprint density at radius 3 is 2.37 bits per heavy atom. The third-order valence-electron chi connectivity index (χ3n) is 7.05. The van der Waals surface area contributed by atoms with Gasteiger partial charge in [0.15, 0.2) is 0 Å². The first kappa shape index (κ1) is 39.0. The quantitative estimate of drug-likeness (QED) is 0.106. The summed E-state index contributed by atoms with van der Waals surface area (Å²) in [6, 6.07) is 2.47. The number of ether oxygens (including phenoxy) is 1. The predicted octanol–water partition coefficient (Wildman–Crippen LogP) is 3.31. The number of aromatic amines is 1. The Labute approximate surface area is 283 Å². The maximum absolute atomic E-state index is 13.3. The van der Waals surface area contributed by atoms with Crippen molar-refractivity contribution in [3.8, 4) is 0 Å². The van der Waals surface area contributed by atoms with E-state index in [1.54, 1.807) is 58.0 Å². The van der Waals surface area contributed by atoms with E-state index < -0.39 is 51.7 Å². The van der Waals surface area contributed by atoms with E-state index in [-0.39, 0.29) is 30.3 Å². The molecule has 3 amide bonds. The van der Waals surface area contributed by atoms with Gasteiger partial charge in [-0.05, 0) is 57.2 Å². The van der Waals surface area contributed by atoms with Crippen LogP contribution in [-0.2, 0) is 30.3 Å². The first-order valence-electron chi connectivity index (χ1n) is 14.9. The summed E-state index contributed by atoms with van der Waals surface area (Å²) in [5.41, 5.74) is 5.88. The Hall–Kier alpha value is -3.19. The molecule has 3 unspecified atom stereocenters. The number of carbonyl (C=O) groups excluding carboxylic acids is 4. The Morgan fingerprint density at radius 2 is 1.76 bits per heavy atom. The maximum atomic E-state index is 13.3. The van der Waals surface area contributed by atoms with E-state index in [9.17, 15) is 24.0 Å². The van der Waals surface area contributed by atoms with Crippen LogP contribution in [0.5, 0.6) is 0 Å². The van der Waals surface area contributed by atoms with Crippen LogP contribution in [0.25, 0.3) is 17.0 Å². The zero-order valence-electron chi connectivity index (χ0n) is 26.8. The lowest BCUT2D eigenvalue weighted by Crippen LogP contribution is -2.56. The second-order valence-corrected chi connectivity index (χ2v) is 14.4. The van der Waals surface area contributed by atoms with Crippen LogP contribution in [0.1, 0.15) is 65.8 Å². The summed E-state index contributed by atoms with van der Waals surface area (Å²) in [5.74, 6) is -1.77. The van der Waals surface area contributed by atoms with Crippen molar-refractivity contribution in [2.24, 2.45) is 17.1 Å². The van der Waals surface area contributed by atoms with E-state index in [0.29, 0.717) is 29.6 Å². The second kappa shape index (κ2) is 17.1. The molecule has 2 rings (SSSR count). The molecule has 0 aliphatic carbocycles. The average molecular weight is 702 g/mol. The number of amides is 3. The third kappa shape index (κ3) is 12.2. The normalized spacial score (nSPS) is 14.2. The molecule has 254 valence electrons. The molecule has 0 saturated carbocycles.